The number of phenolic OH excluding ortho intramolecular Hbond substituents is 1. The van der Waals surface area contributed by atoms with Gasteiger partial charge in [0.2, 0.25) is 0 Å². The summed E-state index contributed by atoms with van der Waals surface area (Å²) in [5.74, 6) is 0.0464. The molecule has 9 heteroatoms. The van der Waals surface area contributed by atoms with Crippen molar-refractivity contribution >= 4 is 37.1 Å². The van der Waals surface area contributed by atoms with Crippen molar-refractivity contribution in [2.75, 3.05) is 36.6 Å². The van der Waals surface area contributed by atoms with E-state index in [0.717, 1.165) is 17.8 Å². The first kappa shape index (κ1) is 21.4. The van der Waals surface area contributed by atoms with Crippen LogP contribution in [0.5, 0.6) is 5.75 Å². The highest BCUT2D eigenvalue weighted by atomic mass is 32.2. The highest BCUT2D eigenvalue weighted by molar-refractivity contribution is 7.91. The van der Waals surface area contributed by atoms with Gasteiger partial charge in [0, 0.05) is 13.2 Å². The summed E-state index contributed by atoms with van der Waals surface area (Å²) in [5, 5.41) is 12.8. The summed E-state index contributed by atoms with van der Waals surface area (Å²) < 4.78 is 30.5. The van der Waals surface area contributed by atoms with Crippen LogP contribution < -0.4 is 10.2 Å². The average Bonchev–Trinajstić information content (AvgIpc) is 3.10. The number of H-pyrrole nitrogens is 1. The van der Waals surface area contributed by atoms with Gasteiger partial charge in [-0.15, -0.1) is 0 Å². The highest BCUT2D eigenvalue weighted by Gasteiger charge is 2.13. The summed E-state index contributed by atoms with van der Waals surface area (Å²) in [5.41, 5.74) is 2.18. The van der Waals surface area contributed by atoms with Gasteiger partial charge < -0.3 is 20.1 Å². The third-order valence-electron chi connectivity index (χ3n) is 4.41. The zero-order valence-electron chi connectivity index (χ0n) is 15.9. The largest absolute Gasteiger partial charge is 0.506 e. The maximum absolute atomic E-state index is 12.2. The molecule has 1 heterocycles. The Morgan fingerprint density at radius 1 is 1.07 bits per heavy atom. The van der Waals surface area contributed by atoms with Crippen molar-refractivity contribution in [2.24, 2.45) is 0 Å². The minimum Gasteiger partial charge on any atom is -0.506 e. The number of phenols is 1. The third kappa shape index (κ3) is 6.31. The molecule has 0 unspecified atom stereocenters. The van der Waals surface area contributed by atoms with Crippen LogP contribution in [0.2, 0.25) is 0 Å². The van der Waals surface area contributed by atoms with Gasteiger partial charge in [0.05, 0.1) is 28.5 Å². The summed E-state index contributed by atoms with van der Waals surface area (Å²) in [6, 6.07) is 13.1. The molecule has 0 saturated heterocycles. The second-order valence-electron chi connectivity index (χ2n) is 6.63. The van der Waals surface area contributed by atoms with Gasteiger partial charge in [0.15, 0.2) is 9.84 Å². The lowest BCUT2D eigenvalue weighted by Crippen LogP contribution is -2.19. The van der Waals surface area contributed by atoms with Gasteiger partial charge in [-0.1, -0.05) is 41.7 Å². The van der Waals surface area contributed by atoms with E-state index in [1.807, 2.05) is 30.3 Å². The van der Waals surface area contributed by atoms with Crippen LogP contribution in [-0.4, -0.2) is 49.8 Å². The van der Waals surface area contributed by atoms with Crippen LogP contribution in [-0.2, 0) is 21.0 Å². The molecule has 156 valence electrons. The summed E-state index contributed by atoms with van der Waals surface area (Å²) in [7, 11) is -3.21. The molecule has 2 aromatic carbocycles. The number of hydrogen-bond donors (Lipinski definition) is 3. The Balaban J connectivity index is 1.38. The first-order chi connectivity index (χ1) is 13.9. The number of rotatable bonds is 11. The Kier molecular flexibility index (Phi) is 7.29. The van der Waals surface area contributed by atoms with Gasteiger partial charge in [0.25, 0.3) is 0 Å². The number of aromatic hydroxyl groups is 1. The zero-order valence-corrected chi connectivity index (χ0v) is 17.5. The molecular formula is C20H24N2O5S2. The maximum atomic E-state index is 12.2. The molecule has 1 aromatic heterocycles. The van der Waals surface area contributed by atoms with Crippen LogP contribution in [0.3, 0.4) is 0 Å². The molecular weight excluding hydrogens is 412 g/mol. The Labute approximate surface area is 173 Å². The SMILES string of the molecule is O=c1[nH]c2c(O)ccc(NCCS(=O)(=O)CCCOCCc3ccccc3)c2s1. The number of ether oxygens (including phenoxy) is 1. The minimum atomic E-state index is -3.21. The third-order valence-corrected chi connectivity index (χ3v) is 7.06. The molecule has 0 aliphatic carbocycles. The van der Waals surface area contributed by atoms with Gasteiger partial charge in [-0.2, -0.15) is 0 Å². The summed E-state index contributed by atoms with van der Waals surface area (Å²) >= 11 is 0.971. The molecule has 7 nitrogen and oxygen atoms in total. The number of aromatic nitrogens is 1. The summed E-state index contributed by atoms with van der Waals surface area (Å²) in [4.78, 5) is 13.8. The molecule has 0 radical (unpaired) electrons. The van der Waals surface area contributed by atoms with Gasteiger partial charge in [-0.25, -0.2) is 8.42 Å². The Morgan fingerprint density at radius 3 is 2.66 bits per heavy atom. The van der Waals surface area contributed by atoms with Gasteiger partial charge in [-0.05, 0) is 30.5 Å². The molecule has 29 heavy (non-hydrogen) atoms. The quantitative estimate of drug-likeness (QED) is 0.315. The van der Waals surface area contributed by atoms with Crippen LogP contribution in [0.1, 0.15) is 12.0 Å². The smallest absolute Gasteiger partial charge is 0.305 e. The highest BCUT2D eigenvalue weighted by Crippen LogP contribution is 2.30. The first-order valence-electron chi connectivity index (χ1n) is 9.35. The van der Waals surface area contributed by atoms with Crippen LogP contribution >= 0.6 is 11.3 Å². The fraction of sp³-hybridized carbons (Fsp3) is 0.350. The molecule has 3 N–H and O–H groups in total. The van der Waals surface area contributed by atoms with E-state index in [1.165, 1.54) is 11.6 Å². The Bertz CT molecular complexity index is 1090. The Hall–Kier alpha value is -2.36. The fourth-order valence-corrected chi connectivity index (χ4v) is 4.94. The van der Waals surface area contributed by atoms with Gasteiger partial charge in [0.1, 0.15) is 11.3 Å². The van der Waals surface area contributed by atoms with E-state index in [9.17, 15) is 18.3 Å². The second-order valence-corrected chi connectivity index (χ2v) is 9.92. The predicted octanol–water partition coefficient (Wildman–Crippen LogP) is 2.77. The van der Waals surface area contributed by atoms with Crippen molar-refractivity contribution in [3.63, 3.8) is 0 Å². The molecule has 0 aliphatic rings. The van der Waals surface area contributed by atoms with E-state index < -0.39 is 9.84 Å². The van der Waals surface area contributed by atoms with Crippen molar-refractivity contribution in [3.8, 4) is 5.75 Å². The van der Waals surface area contributed by atoms with E-state index in [2.05, 4.69) is 10.3 Å². The lowest BCUT2D eigenvalue weighted by molar-refractivity contribution is 0.138. The van der Waals surface area contributed by atoms with Crippen LogP contribution in [0.25, 0.3) is 10.2 Å². The predicted molar refractivity (Wildman–Crippen MR) is 117 cm³/mol. The maximum Gasteiger partial charge on any atom is 0.305 e. The van der Waals surface area contributed by atoms with Gasteiger partial charge >= 0.3 is 4.87 Å². The van der Waals surface area contributed by atoms with Crippen molar-refractivity contribution < 1.29 is 18.3 Å². The van der Waals surface area contributed by atoms with E-state index in [0.29, 0.717) is 35.5 Å². The molecule has 0 saturated carbocycles. The van der Waals surface area contributed by atoms with Crippen molar-refractivity contribution in [2.45, 2.75) is 12.8 Å². The number of fused-ring (bicyclic) bond motifs is 1. The van der Waals surface area contributed by atoms with Crippen molar-refractivity contribution in [1.82, 2.24) is 4.98 Å². The number of nitrogens with one attached hydrogen (secondary N) is 2. The fourth-order valence-electron chi connectivity index (χ4n) is 2.92. The lowest BCUT2D eigenvalue weighted by Gasteiger charge is -2.09. The Morgan fingerprint density at radius 2 is 1.86 bits per heavy atom. The van der Waals surface area contributed by atoms with Crippen LogP contribution in [0, 0.1) is 0 Å². The molecule has 3 aromatic rings. The molecule has 0 fully saturated rings. The number of anilines is 1. The monoisotopic (exact) mass is 436 g/mol. The molecule has 0 bridgehead atoms. The van der Waals surface area contributed by atoms with E-state index in [-0.39, 0.29) is 28.7 Å². The first-order valence-corrected chi connectivity index (χ1v) is 12.0. The molecule has 0 spiro atoms. The molecule has 0 atom stereocenters. The lowest BCUT2D eigenvalue weighted by atomic mass is 10.2. The summed E-state index contributed by atoms with van der Waals surface area (Å²) in [6.07, 6.45) is 1.27. The topological polar surface area (TPSA) is 108 Å². The van der Waals surface area contributed by atoms with E-state index in [4.69, 9.17) is 4.74 Å². The summed E-state index contributed by atoms with van der Waals surface area (Å²) in [6.45, 7) is 1.21. The van der Waals surface area contributed by atoms with Crippen molar-refractivity contribution in [1.29, 1.82) is 0 Å². The molecule has 0 aliphatic heterocycles. The van der Waals surface area contributed by atoms with E-state index in [1.54, 1.807) is 6.07 Å². The van der Waals surface area contributed by atoms with Crippen LogP contribution in [0.15, 0.2) is 47.3 Å². The average molecular weight is 437 g/mol. The van der Waals surface area contributed by atoms with E-state index >= 15 is 0 Å². The molecule has 3 rings (SSSR count). The molecule has 0 amide bonds. The van der Waals surface area contributed by atoms with Gasteiger partial charge in [-0.3, -0.25) is 4.79 Å². The number of thiazole rings is 1. The number of hydrogen-bond acceptors (Lipinski definition) is 7. The number of aromatic amines is 1. The normalized spacial score (nSPS) is 11.7. The minimum absolute atomic E-state index is 0.0104. The van der Waals surface area contributed by atoms with Crippen LogP contribution in [0.4, 0.5) is 5.69 Å². The standard InChI is InChI=1S/C20H24N2O5S2/c23-17-8-7-16(19-18(17)22-20(24)28-19)21-10-14-29(25,26)13-4-11-27-12-9-15-5-2-1-3-6-15/h1-3,5-8,21,23H,4,9-14H2,(H,22,24). The number of benzene rings is 2. The number of sulfone groups is 1. The zero-order chi connectivity index (χ0) is 20.7. The van der Waals surface area contributed by atoms with Crippen molar-refractivity contribution in [3.05, 3.63) is 57.7 Å². The second kappa shape index (κ2) is 9.91.